The van der Waals surface area contributed by atoms with E-state index in [0.717, 1.165) is 0 Å². The summed E-state index contributed by atoms with van der Waals surface area (Å²) in [6.07, 6.45) is -0.258. The Morgan fingerprint density at radius 2 is 1.92 bits per heavy atom. The van der Waals surface area contributed by atoms with E-state index >= 15 is 0 Å². The molecule has 5 nitrogen and oxygen atoms in total. The molecule has 0 radical (unpaired) electrons. The number of amides is 1. The van der Waals surface area contributed by atoms with Crippen molar-refractivity contribution in [3.63, 3.8) is 0 Å². The van der Waals surface area contributed by atoms with Crippen molar-refractivity contribution in [1.29, 1.82) is 0 Å². The van der Waals surface area contributed by atoms with Crippen molar-refractivity contribution in [2.45, 2.75) is 19.4 Å². The van der Waals surface area contributed by atoms with Gasteiger partial charge in [0.2, 0.25) is 0 Å². The van der Waals surface area contributed by atoms with E-state index in [-0.39, 0.29) is 16.5 Å². The van der Waals surface area contributed by atoms with E-state index in [1.54, 1.807) is 30.3 Å². The Morgan fingerprint density at radius 3 is 2.56 bits per heavy atom. The number of anilines is 1. The number of benzene rings is 2. The van der Waals surface area contributed by atoms with Crippen molar-refractivity contribution in [2.24, 2.45) is 0 Å². The summed E-state index contributed by atoms with van der Waals surface area (Å²) in [6.45, 7) is 1.83. The molecule has 0 saturated carbocycles. The maximum absolute atomic E-state index is 12.5. The normalized spacial score (nSPS) is 11.5. The first-order valence-electron chi connectivity index (χ1n) is 7.55. The lowest BCUT2D eigenvalue weighted by Gasteiger charge is -2.17. The fraction of sp³-hybridized carbons (Fsp3) is 0.222. The summed E-state index contributed by atoms with van der Waals surface area (Å²) < 4.78 is 10.3. The molecular weight excluding hydrogens is 365 g/mol. The Labute approximate surface area is 155 Å². The summed E-state index contributed by atoms with van der Waals surface area (Å²) in [5.41, 5.74) is 0.591. The number of hydrogen-bond acceptors (Lipinski definition) is 4. The molecular formula is C18H17Cl2NO4. The van der Waals surface area contributed by atoms with Crippen molar-refractivity contribution in [1.82, 2.24) is 0 Å². The number of carbonyl (C=O) groups is 2. The lowest BCUT2D eigenvalue weighted by Crippen LogP contribution is -2.32. The molecule has 0 saturated heterocycles. The molecule has 0 aliphatic heterocycles. The van der Waals surface area contributed by atoms with Crippen LogP contribution in [-0.4, -0.2) is 25.1 Å². The zero-order chi connectivity index (χ0) is 18.4. The SMILES string of the molecule is CC[C@@H](Oc1cccc(Cl)c1)C(=O)Nc1ccc(Cl)c(C(=O)OC)c1. The Balaban J connectivity index is 2.12. The molecule has 0 unspecified atom stereocenters. The lowest BCUT2D eigenvalue weighted by molar-refractivity contribution is -0.122. The molecule has 25 heavy (non-hydrogen) atoms. The second kappa shape index (κ2) is 8.74. The van der Waals surface area contributed by atoms with Crippen molar-refractivity contribution in [2.75, 3.05) is 12.4 Å². The molecule has 2 aromatic rings. The predicted octanol–water partition coefficient (Wildman–Crippen LogP) is 4.58. The molecule has 0 aromatic heterocycles. The highest BCUT2D eigenvalue weighted by Gasteiger charge is 2.20. The van der Waals surface area contributed by atoms with Crippen LogP contribution in [0.3, 0.4) is 0 Å². The molecule has 1 amide bonds. The second-order valence-electron chi connectivity index (χ2n) is 5.15. The second-order valence-corrected chi connectivity index (χ2v) is 5.99. The van der Waals surface area contributed by atoms with Gasteiger partial charge in [-0.1, -0.05) is 36.2 Å². The van der Waals surface area contributed by atoms with Crippen LogP contribution in [-0.2, 0) is 9.53 Å². The number of hydrogen-bond donors (Lipinski definition) is 1. The van der Waals surface area contributed by atoms with E-state index in [0.29, 0.717) is 22.9 Å². The van der Waals surface area contributed by atoms with Crippen LogP contribution in [0.4, 0.5) is 5.69 Å². The molecule has 0 aliphatic carbocycles. The van der Waals surface area contributed by atoms with Gasteiger partial charge in [0, 0.05) is 10.7 Å². The first kappa shape index (κ1) is 19.1. The minimum Gasteiger partial charge on any atom is -0.481 e. The molecule has 7 heteroatoms. The van der Waals surface area contributed by atoms with Crippen LogP contribution < -0.4 is 10.1 Å². The third-order valence-electron chi connectivity index (χ3n) is 3.38. The summed E-state index contributed by atoms with van der Waals surface area (Å²) in [6, 6.07) is 11.4. The van der Waals surface area contributed by atoms with Gasteiger partial charge in [0.25, 0.3) is 5.91 Å². The Hall–Kier alpha value is -2.24. The zero-order valence-corrected chi connectivity index (χ0v) is 15.2. The van der Waals surface area contributed by atoms with Crippen LogP contribution in [0, 0.1) is 0 Å². The number of nitrogens with one attached hydrogen (secondary N) is 1. The van der Waals surface area contributed by atoms with Gasteiger partial charge in [0.1, 0.15) is 5.75 Å². The average Bonchev–Trinajstić information content (AvgIpc) is 2.60. The van der Waals surface area contributed by atoms with Gasteiger partial charge >= 0.3 is 5.97 Å². The van der Waals surface area contributed by atoms with Gasteiger partial charge in [-0.05, 0) is 42.8 Å². The van der Waals surface area contributed by atoms with Gasteiger partial charge in [-0.2, -0.15) is 0 Å². The fourth-order valence-electron chi connectivity index (χ4n) is 2.12. The molecule has 132 valence electrons. The average molecular weight is 382 g/mol. The maximum Gasteiger partial charge on any atom is 0.339 e. The summed E-state index contributed by atoms with van der Waals surface area (Å²) >= 11 is 11.9. The van der Waals surface area contributed by atoms with Gasteiger partial charge in [-0.15, -0.1) is 0 Å². The smallest absolute Gasteiger partial charge is 0.339 e. The highest BCUT2D eigenvalue weighted by molar-refractivity contribution is 6.33. The number of halogens is 2. The number of ether oxygens (including phenoxy) is 2. The Bertz CT molecular complexity index is 779. The van der Waals surface area contributed by atoms with Crippen molar-refractivity contribution < 1.29 is 19.1 Å². The summed E-state index contributed by atoms with van der Waals surface area (Å²) in [4.78, 5) is 24.1. The monoisotopic (exact) mass is 381 g/mol. The number of esters is 1. The van der Waals surface area contributed by atoms with Gasteiger partial charge < -0.3 is 14.8 Å². The summed E-state index contributed by atoms with van der Waals surface area (Å²) in [5, 5.41) is 3.48. The molecule has 2 aromatic carbocycles. The standard InChI is InChI=1S/C18H17Cl2NO4/c1-3-16(25-13-6-4-5-11(19)9-13)17(22)21-12-7-8-15(20)14(10-12)18(23)24-2/h4-10,16H,3H2,1-2H3,(H,21,22)/t16-/m1/s1. The largest absolute Gasteiger partial charge is 0.481 e. The van der Waals surface area contributed by atoms with Crippen molar-refractivity contribution in [3.8, 4) is 5.75 Å². The molecule has 0 heterocycles. The molecule has 1 atom stereocenters. The number of methoxy groups -OCH3 is 1. The van der Waals surface area contributed by atoms with Crippen LogP contribution in [0.1, 0.15) is 23.7 Å². The third kappa shape index (κ3) is 5.11. The van der Waals surface area contributed by atoms with E-state index in [2.05, 4.69) is 10.1 Å². The van der Waals surface area contributed by atoms with Crippen LogP contribution in [0.5, 0.6) is 5.75 Å². The number of carbonyl (C=O) groups excluding carboxylic acids is 2. The Kier molecular flexibility index (Phi) is 6.67. The molecule has 0 spiro atoms. The summed E-state index contributed by atoms with van der Waals surface area (Å²) in [7, 11) is 1.26. The maximum atomic E-state index is 12.5. The summed E-state index contributed by atoms with van der Waals surface area (Å²) in [5.74, 6) is -0.426. The molecule has 0 aliphatic rings. The lowest BCUT2D eigenvalue weighted by atomic mass is 10.2. The van der Waals surface area contributed by atoms with Crippen molar-refractivity contribution in [3.05, 3.63) is 58.1 Å². The van der Waals surface area contributed by atoms with Gasteiger partial charge in [0.15, 0.2) is 6.10 Å². The highest BCUT2D eigenvalue weighted by Crippen LogP contribution is 2.23. The minimum atomic E-state index is -0.712. The zero-order valence-electron chi connectivity index (χ0n) is 13.7. The van der Waals surface area contributed by atoms with Crippen LogP contribution in [0.25, 0.3) is 0 Å². The quantitative estimate of drug-likeness (QED) is 0.743. The highest BCUT2D eigenvalue weighted by atomic mass is 35.5. The Morgan fingerprint density at radius 1 is 1.16 bits per heavy atom. The molecule has 2 rings (SSSR count). The van der Waals surface area contributed by atoms with E-state index in [4.69, 9.17) is 27.9 Å². The van der Waals surface area contributed by atoms with Crippen molar-refractivity contribution >= 4 is 40.8 Å². The minimum absolute atomic E-state index is 0.172. The third-order valence-corrected chi connectivity index (χ3v) is 3.94. The van der Waals surface area contributed by atoms with Crippen LogP contribution in [0.2, 0.25) is 10.0 Å². The molecule has 0 bridgehead atoms. The van der Waals surface area contributed by atoms with Crippen LogP contribution >= 0.6 is 23.2 Å². The fourth-order valence-corrected chi connectivity index (χ4v) is 2.49. The predicted molar refractivity (Wildman–Crippen MR) is 97.6 cm³/mol. The van der Waals surface area contributed by atoms with Gasteiger partial charge in [-0.25, -0.2) is 4.79 Å². The first-order chi connectivity index (χ1) is 11.9. The van der Waals surface area contributed by atoms with E-state index in [9.17, 15) is 9.59 Å². The van der Waals surface area contributed by atoms with Crippen LogP contribution in [0.15, 0.2) is 42.5 Å². The van der Waals surface area contributed by atoms with Gasteiger partial charge in [0.05, 0.1) is 17.7 Å². The van der Waals surface area contributed by atoms with Gasteiger partial charge in [-0.3, -0.25) is 4.79 Å². The van der Waals surface area contributed by atoms with E-state index < -0.39 is 12.1 Å². The first-order valence-corrected chi connectivity index (χ1v) is 8.31. The van der Waals surface area contributed by atoms with E-state index in [1.165, 1.54) is 19.2 Å². The number of rotatable bonds is 6. The van der Waals surface area contributed by atoms with E-state index in [1.807, 2.05) is 6.92 Å². The molecule has 1 N–H and O–H groups in total. The molecule has 0 fully saturated rings. The topological polar surface area (TPSA) is 64.6 Å².